The maximum atomic E-state index is 11.8. The summed E-state index contributed by atoms with van der Waals surface area (Å²) in [7, 11) is 1.59. The van der Waals surface area contributed by atoms with Crippen LogP contribution < -0.4 is 10.6 Å². The Morgan fingerprint density at radius 2 is 2.08 bits per heavy atom. The molecule has 122 valence electrons. The molecule has 0 aliphatic heterocycles. The fraction of sp³-hybridized carbons (Fsp3) is 0.176. The molecule has 7 heteroatoms. The number of benzene rings is 1. The van der Waals surface area contributed by atoms with Gasteiger partial charge in [-0.2, -0.15) is 5.10 Å². The Hall–Kier alpha value is -3.22. The number of nitrogens with one attached hydrogen (secondary N) is 2. The van der Waals surface area contributed by atoms with E-state index in [1.807, 2.05) is 19.9 Å². The Kier molecular flexibility index (Phi) is 3.99. The SMILES string of the molecule is CNC(=O)c1ccc(C)c(Nc2ncnn3cc(C=O)c(C)c23)c1. The first-order chi connectivity index (χ1) is 11.5. The summed E-state index contributed by atoms with van der Waals surface area (Å²) in [6, 6.07) is 5.40. The number of amides is 1. The van der Waals surface area contributed by atoms with E-state index in [2.05, 4.69) is 20.7 Å². The lowest BCUT2D eigenvalue weighted by molar-refractivity contribution is 0.0962. The first-order valence-electron chi connectivity index (χ1n) is 7.43. The highest BCUT2D eigenvalue weighted by molar-refractivity contribution is 5.95. The minimum absolute atomic E-state index is 0.159. The summed E-state index contributed by atoms with van der Waals surface area (Å²) in [4.78, 5) is 27.3. The van der Waals surface area contributed by atoms with Gasteiger partial charge >= 0.3 is 0 Å². The van der Waals surface area contributed by atoms with Crippen molar-refractivity contribution in [2.24, 2.45) is 0 Å². The van der Waals surface area contributed by atoms with E-state index in [9.17, 15) is 9.59 Å². The summed E-state index contributed by atoms with van der Waals surface area (Å²) in [5.74, 6) is 0.417. The molecule has 0 aliphatic carbocycles. The topological polar surface area (TPSA) is 88.4 Å². The van der Waals surface area contributed by atoms with Crippen LogP contribution in [0.15, 0.2) is 30.7 Å². The molecule has 0 saturated heterocycles. The van der Waals surface area contributed by atoms with E-state index in [-0.39, 0.29) is 5.91 Å². The van der Waals surface area contributed by atoms with Crippen LogP contribution in [0.5, 0.6) is 0 Å². The number of fused-ring (bicyclic) bond motifs is 1. The second-order valence-electron chi connectivity index (χ2n) is 5.46. The second kappa shape index (κ2) is 6.11. The number of carbonyl (C=O) groups excluding carboxylic acids is 2. The van der Waals surface area contributed by atoms with E-state index in [0.29, 0.717) is 16.9 Å². The average Bonchev–Trinajstić information content (AvgIpc) is 2.93. The Labute approximate surface area is 138 Å². The van der Waals surface area contributed by atoms with E-state index in [4.69, 9.17) is 0 Å². The monoisotopic (exact) mass is 323 g/mol. The van der Waals surface area contributed by atoms with E-state index < -0.39 is 0 Å². The minimum Gasteiger partial charge on any atom is -0.355 e. The largest absolute Gasteiger partial charge is 0.355 e. The van der Waals surface area contributed by atoms with Crippen LogP contribution in [0.4, 0.5) is 11.5 Å². The molecule has 7 nitrogen and oxygen atoms in total. The van der Waals surface area contributed by atoms with Crippen LogP contribution >= 0.6 is 0 Å². The Morgan fingerprint density at radius 1 is 1.29 bits per heavy atom. The minimum atomic E-state index is -0.159. The van der Waals surface area contributed by atoms with Crippen molar-refractivity contribution in [3.63, 3.8) is 0 Å². The quantitative estimate of drug-likeness (QED) is 0.719. The molecule has 0 atom stereocenters. The molecular formula is C17H17N5O2. The fourth-order valence-electron chi connectivity index (χ4n) is 2.56. The summed E-state index contributed by atoms with van der Waals surface area (Å²) in [5.41, 5.74) is 4.38. The number of anilines is 2. The van der Waals surface area contributed by atoms with Crippen molar-refractivity contribution in [3.05, 3.63) is 53.0 Å². The molecule has 1 aromatic carbocycles. The number of aromatic nitrogens is 3. The molecule has 24 heavy (non-hydrogen) atoms. The molecule has 1 amide bonds. The Morgan fingerprint density at radius 3 is 2.79 bits per heavy atom. The zero-order chi connectivity index (χ0) is 17.3. The molecule has 2 aromatic heterocycles. The molecule has 0 fully saturated rings. The summed E-state index contributed by atoms with van der Waals surface area (Å²) >= 11 is 0. The van der Waals surface area contributed by atoms with Gasteiger partial charge in [-0.05, 0) is 37.1 Å². The van der Waals surface area contributed by atoms with Gasteiger partial charge in [0.05, 0.1) is 0 Å². The molecule has 0 unspecified atom stereocenters. The van der Waals surface area contributed by atoms with Crippen molar-refractivity contribution >= 4 is 29.2 Å². The van der Waals surface area contributed by atoms with Crippen LogP contribution in [0.25, 0.3) is 5.52 Å². The third kappa shape index (κ3) is 2.60. The standard InChI is InChI=1S/C17H17N5O2/c1-10-4-5-12(17(24)18-3)6-14(10)21-16-15-11(2)13(8-23)7-22(15)20-9-19-16/h4-9H,1-3H3,(H,18,24)(H,19,20,21). The molecule has 0 aliphatic rings. The molecule has 0 spiro atoms. The van der Waals surface area contributed by atoms with Crippen molar-refractivity contribution in [1.82, 2.24) is 19.9 Å². The van der Waals surface area contributed by atoms with Crippen molar-refractivity contribution in [3.8, 4) is 0 Å². The summed E-state index contributed by atoms with van der Waals surface area (Å²) in [6.07, 6.45) is 3.88. The van der Waals surface area contributed by atoms with E-state index in [1.54, 1.807) is 29.9 Å². The third-order valence-corrected chi connectivity index (χ3v) is 3.97. The zero-order valence-corrected chi connectivity index (χ0v) is 13.6. The Balaban J connectivity index is 2.09. The van der Waals surface area contributed by atoms with Gasteiger partial charge in [0.25, 0.3) is 5.91 Å². The van der Waals surface area contributed by atoms with Crippen molar-refractivity contribution in [2.75, 3.05) is 12.4 Å². The maximum absolute atomic E-state index is 11.8. The van der Waals surface area contributed by atoms with Gasteiger partial charge in [-0.15, -0.1) is 0 Å². The van der Waals surface area contributed by atoms with Gasteiger partial charge in [0.1, 0.15) is 11.8 Å². The number of aldehydes is 1. The molecular weight excluding hydrogens is 306 g/mol. The predicted octanol–water partition coefficient (Wildman–Crippen LogP) is 2.26. The van der Waals surface area contributed by atoms with Gasteiger partial charge in [0.2, 0.25) is 0 Å². The lowest BCUT2D eigenvalue weighted by Gasteiger charge is -2.12. The fourth-order valence-corrected chi connectivity index (χ4v) is 2.56. The predicted molar refractivity (Wildman–Crippen MR) is 91.0 cm³/mol. The van der Waals surface area contributed by atoms with Crippen molar-refractivity contribution < 1.29 is 9.59 Å². The molecule has 3 rings (SSSR count). The van der Waals surface area contributed by atoms with Crippen molar-refractivity contribution in [1.29, 1.82) is 0 Å². The summed E-state index contributed by atoms with van der Waals surface area (Å²) in [5, 5.41) is 9.99. The second-order valence-corrected chi connectivity index (χ2v) is 5.46. The zero-order valence-electron chi connectivity index (χ0n) is 13.6. The number of aryl methyl sites for hydroxylation is 2. The van der Waals surface area contributed by atoms with Gasteiger partial charge in [0.15, 0.2) is 12.1 Å². The average molecular weight is 323 g/mol. The smallest absolute Gasteiger partial charge is 0.251 e. The third-order valence-electron chi connectivity index (χ3n) is 3.97. The van der Waals surface area contributed by atoms with E-state index >= 15 is 0 Å². The lowest BCUT2D eigenvalue weighted by Crippen LogP contribution is -2.17. The van der Waals surface area contributed by atoms with E-state index in [0.717, 1.165) is 28.6 Å². The first-order valence-corrected chi connectivity index (χ1v) is 7.43. The maximum Gasteiger partial charge on any atom is 0.251 e. The van der Waals surface area contributed by atoms with Gasteiger partial charge in [-0.3, -0.25) is 9.59 Å². The van der Waals surface area contributed by atoms with Crippen LogP contribution in [0.2, 0.25) is 0 Å². The number of rotatable bonds is 4. The van der Waals surface area contributed by atoms with Gasteiger partial charge in [0, 0.05) is 30.1 Å². The number of nitrogens with zero attached hydrogens (tertiary/aromatic N) is 3. The van der Waals surface area contributed by atoms with Gasteiger partial charge in [-0.1, -0.05) is 6.07 Å². The number of carbonyl (C=O) groups is 2. The first kappa shape index (κ1) is 15.7. The van der Waals surface area contributed by atoms with Crippen LogP contribution in [-0.2, 0) is 0 Å². The number of hydrogen-bond acceptors (Lipinski definition) is 5. The van der Waals surface area contributed by atoms with Crippen molar-refractivity contribution in [2.45, 2.75) is 13.8 Å². The molecule has 2 heterocycles. The summed E-state index contributed by atoms with van der Waals surface area (Å²) < 4.78 is 1.62. The summed E-state index contributed by atoms with van der Waals surface area (Å²) in [6.45, 7) is 3.79. The molecule has 0 saturated carbocycles. The number of hydrogen-bond donors (Lipinski definition) is 2. The van der Waals surface area contributed by atoms with Crippen LogP contribution in [0.1, 0.15) is 31.8 Å². The van der Waals surface area contributed by atoms with Gasteiger partial charge in [-0.25, -0.2) is 9.50 Å². The van der Waals surface area contributed by atoms with Crippen LogP contribution in [0, 0.1) is 13.8 Å². The van der Waals surface area contributed by atoms with Gasteiger partial charge < -0.3 is 10.6 Å². The molecule has 2 N–H and O–H groups in total. The van der Waals surface area contributed by atoms with Crippen LogP contribution in [-0.4, -0.2) is 33.8 Å². The van der Waals surface area contributed by atoms with Crippen LogP contribution in [0.3, 0.4) is 0 Å². The highest BCUT2D eigenvalue weighted by Gasteiger charge is 2.14. The molecule has 0 bridgehead atoms. The normalized spacial score (nSPS) is 10.6. The molecule has 0 radical (unpaired) electrons. The highest BCUT2D eigenvalue weighted by atomic mass is 16.1. The molecule has 3 aromatic rings. The highest BCUT2D eigenvalue weighted by Crippen LogP contribution is 2.26. The van der Waals surface area contributed by atoms with E-state index in [1.165, 1.54) is 6.33 Å². The lowest BCUT2D eigenvalue weighted by atomic mass is 10.1. The Bertz CT molecular complexity index is 946.